The van der Waals surface area contributed by atoms with Crippen LogP contribution in [-0.2, 0) is 0 Å². The van der Waals surface area contributed by atoms with Crippen molar-refractivity contribution in [2.45, 2.75) is 44.7 Å². The maximum atomic E-state index is 5.64. The highest BCUT2D eigenvalue weighted by molar-refractivity contribution is 6.48. The molecule has 0 bridgehead atoms. The first kappa shape index (κ1) is 12.4. The number of hydrazine groups is 1. The molecule has 0 atom stereocenters. The van der Waals surface area contributed by atoms with Crippen LogP contribution in [-0.4, -0.2) is 17.2 Å². The molecule has 1 spiro atoms. The zero-order chi connectivity index (χ0) is 13.3. The lowest BCUT2D eigenvalue weighted by Crippen LogP contribution is -2.36. The van der Waals surface area contributed by atoms with Gasteiger partial charge in [-0.2, -0.15) is 0 Å². The number of nitrogens with zero attached hydrogens (tertiary/aromatic N) is 2. The van der Waals surface area contributed by atoms with Crippen LogP contribution in [0.4, 0.5) is 0 Å². The molecule has 100 valence electrons. The molecule has 0 amide bonds. The van der Waals surface area contributed by atoms with Crippen LogP contribution in [0.25, 0.3) is 0 Å². The predicted molar refractivity (Wildman–Crippen MR) is 78.3 cm³/mol. The summed E-state index contributed by atoms with van der Waals surface area (Å²) in [4.78, 5) is 9.71. The van der Waals surface area contributed by atoms with Crippen molar-refractivity contribution in [1.82, 2.24) is 5.43 Å². The van der Waals surface area contributed by atoms with Crippen molar-refractivity contribution in [2.24, 2.45) is 15.8 Å². The van der Waals surface area contributed by atoms with E-state index >= 15 is 0 Å². The smallest absolute Gasteiger partial charge is 0.164 e. The van der Waals surface area contributed by atoms with Gasteiger partial charge >= 0.3 is 0 Å². The Balaban J connectivity index is 2.03. The maximum absolute atomic E-state index is 5.64. The number of hydrogen-bond acceptors (Lipinski definition) is 4. The zero-order valence-corrected chi connectivity index (χ0v) is 11.3. The van der Waals surface area contributed by atoms with Crippen LogP contribution in [0, 0.1) is 6.92 Å². The second-order valence-corrected chi connectivity index (χ2v) is 5.42. The highest BCUT2D eigenvalue weighted by Crippen LogP contribution is 2.36. The largest absolute Gasteiger partial charge is 0.307 e. The SMILES string of the molecule is Cc1ccccc1C1=NC2(CCCCC2)N=C1NN. The summed E-state index contributed by atoms with van der Waals surface area (Å²) in [7, 11) is 0. The topological polar surface area (TPSA) is 62.8 Å². The molecule has 0 saturated heterocycles. The molecule has 0 radical (unpaired) electrons. The van der Waals surface area contributed by atoms with Crippen LogP contribution < -0.4 is 11.3 Å². The zero-order valence-electron chi connectivity index (χ0n) is 11.3. The van der Waals surface area contributed by atoms with Gasteiger partial charge in [0.1, 0.15) is 5.71 Å². The first-order valence-electron chi connectivity index (χ1n) is 6.97. The molecule has 0 unspecified atom stereocenters. The molecule has 1 aliphatic carbocycles. The minimum atomic E-state index is -0.252. The highest BCUT2D eigenvalue weighted by Gasteiger charge is 2.37. The molecule has 1 fully saturated rings. The van der Waals surface area contributed by atoms with Gasteiger partial charge in [0.2, 0.25) is 0 Å². The molecule has 1 aliphatic heterocycles. The number of aryl methyl sites for hydroxylation is 1. The molecular formula is C15H20N4. The van der Waals surface area contributed by atoms with Crippen molar-refractivity contribution in [3.05, 3.63) is 35.4 Å². The Morgan fingerprint density at radius 2 is 1.84 bits per heavy atom. The van der Waals surface area contributed by atoms with Gasteiger partial charge in [0.15, 0.2) is 11.5 Å². The van der Waals surface area contributed by atoms with Gasteiger partial charge in [-0.1, -0.05) is 30.7 Å². The van der Waals surface area contributed by atoms with E-state index in [0.717, 1.165) is 30.0 Å². The Labute approximate surface area is 113 Å². The predicted octanol–water partition coefficient (Wildman–Crippen LogP) is 2.32. The fourth-order valence-electron chi connectivity index (χ4n) is 3.02. The number of nitrogens with one attached hydrogen (secondary N) is 1. The molecule has 1 aromatic carbocycles. The molecule has 4 nitrogen and oxygen atoms in total. The van der Waals surface area contributed by atoms with E-state index < -0.39 is 0 Å². The van der Waals surface area contributed by atoms with E-state index in [0.29, 0.717) is 0 Å². The Hall–Kier alpha value is -1.68. The van der Waals surface area contributed by atoms with Crippen LogP contribution in [0.1, 0.15) is 43.2 Å². The van der Waals surface area contributed by atoms with Gasteiger partial charge in [-0.15, -0.1) is 0 Å². The number of amidine groups is 1. The van der Waals surface area contributed by atoms with Crippen molar-refractivity contribution in [3.63, 3.8) is 0 Å². The summed E-state index contributed by atoms with van der Waals surface area (Å²) < 4.78 is 0. The highest BCUT2D eigenvalue weighted by atomic mass is 15.3. The van der Waals surface area contributed by atoms with Crippen molar-refractivity contribution >= 4 is 11.5 Å². The molecule has 4 heteroatoms. The lowest BCUT2D eigenvalue weighted by Gasteiger charge is -2.27. The van der Waals surface area contributed by atoms with Crippen LogP contribution in [0.5, 0.6) is 0 Å². The van der Waals surface area contributed by atoms with E-state index in [2.05, 4.69) is 24.5 Å². The average molecular weight is 256 g/mol. The van der Waals surface area contributed by atoms with Crippen LogP contribution >= 0.6 is 0 Å². The standard InChI is InChI=1S/C15H20N4/c1-11-7-3-4-8-12(11)13-14(19-16)18-15(17-13)9-5-2-6-10-15/h3-4,7-8H,2,5-6,9-10,16H2,1H3,(H,18,19). The van der Waals surface area contributed by atoms with Gasteiger partial charge in [0.25, 0.3) is 0 Å². The molecule has 1 aromatic rings. The number of nitrogens with two attached hydrogens (primary N) is 1. The molecule has 1 heterocycles. The average Bonchev–Trinajstić information content (AvgIpc) is 2.78. The third-order valence-corrected chi connectivity index (χ3v) is 4.06. The fourth-order valence-corrected chi connectivity index (χ4v) is 3.02. The van der Waals surface area contributed by atoms with E-state index in [9.17, 15) is 0 Å². The second-order valence-electron chi connectivity index (χ2n) is 5.42. The molecule has 1 saturated carbocycles. The Morgan fingerprint density at radius 1 is 1.11 bits per heavy atom. The number of rotatable bonds is 1. The number of hydrogen-bond donors (Lipinski definition) is 2. The van der Waals surface area contributed by atoms with Crippen LogP contribution in [0.15, 0.2) is 34.3 Å². The molecule has 19 heavy (non-hydrogen) atoms. The normalized spacial score (nSPS) is 21.2. The summed E-state index contributed by atoms with van der Waals surface area (Å²) in [5.41, 5.74) is 5.73. The minimum absolute atomic E-state index is 0.252. The number of aliphatic imine (C=N–C) groups is 2. The van der Waals surface area contributed by atoms with Crippen LogP contribution in [0.2, 0.25) is 0 Å². The minimum Gasteiger partial charge on any atom is -0.307 e. The van der Waals surface area contributed by atoms with Crippen molar-refractivity contribution in [2.75, 3.05) is 0 Å². The van der Waals surface area contributed by atoms with Crippen LogP contribution in [0.3, 0.4) is 0 Å². The van der Waals surface area contributed by atoms with E-state index in [4.69, 9.17) is 15.8 Å². The van der Waals surface area contributed by atoms with E-state index in [1.165, 1.54) is 24.8 Å². The maximum Gasteiger partial charge on any atom is 0.164 e. The van der Waals surface area contributed by atoms with E-state index in [-0.39, 0.29) is 5.66 Å². The van der Waals surface area contributed by atoms with Gasteiger partial charge in [-0.25, -0.2) is 10.8 Å². The Kier molecular flexibility index (Phi) is 3.11. The lowest BCUT2D eigenvalue weighted by atomic mass is 9.90. The molecular weight excluding hydrogens is 236 g/mol. The van der Waals surface area contributed by atoms with Crippen molar-refractivity contribution in [1.29, 1.82) is 0 Å². The molecule has 3 rings (SSSR count). The number of benzene rings is 1. The quantitative estimate of drug-likeness (QED) is 0.598. The summed E-state index contributed by atoms with van der Waals surface area (Å²) in [6.07, 6.45) is 5.76. The summed E-state index contributed by atoms with van der Waals surface area (Å²) in [5, 5.41) is 0. The Morgan fingerprint density at radius 3 is 2.53 bits per heavy atom. The van der Waals surface area contributed by atoms with E-state index in [1.54, 1.807) is 0 Å². The Bertz CT molecular complexity index is 539. The molecule has 3 N–H and O–H groups in total. The van der Waals surface area contributed by atoms with Gasteiger partial charge in [0, 0.05) is 5.56 Å². The van der Waals surface area contributed by atoms with E-state index in [1.807, 2.05) is 12.1 Å². The van der Waals surface area contributed by atoms with Gasteiger partial charge < -0.3 is 5.43 Å². The summed E-state index contributed by atoms with van der Waals surface area (Å²) in [5.74, 6) is 6.37. The summed E-state index contributed by atoms with van der Waals surface area (Å²) in [6, 6.07) is 8.25. The fraction of sp³-hybridized carbons (Fsp3) is 0.467. The summed E-state index contributed by atoms with van der Waals surface area (Å²) in [6.45, 7) is 2.10. The lowest BCUT2D eigenvalue weighted by molar-refractivity contribution is 0.316. The second kappa shape index (κ2) is 4.78. The third kappa shape index (κ3) is 2.16. The van der Waals surface area contributed by atoms with Gasteiger partial charge in [-0.3, -0.25) is 4.99 Å². The molecule has 2 aliphatic rings. The first-order chi connectivity index (χ1) is 9.24. The van der Waals surface area contributed by atoms with Crippen molar-refractivity contribution < 1.29 is 0 Å². The van der Waals surface area contributed by atoms with Crippen molar-refractivity contribution in [3.8, 4) is 0 Å². The first-order valence-corrected chi connectivity index (χ1v) is 6.97. The monoisotopic (exact) mass is 256 g/mol. The summed E-state index contributed by atoms with van der Waals surface area (Å²) >= 11 is 0. The van der Waals surface area contributed by atoms with Gasteiger partial charge in [-0.05, 0) is 38.2 Å². The molecule has 0 aromatic heterocycles. The van der Waals surface area contributed by atoms with Gasteiger partial charge in [0.05, 0.1) is 0 Å². The third-order valence-electron chi connectivity index (χ3n) is 4.06.